The lowest BCUT2D eigenvalue weighted by atomic mass is 9.70. The number of hydrogen-bond acceptors (Lipinski definition) is 5. The zero-order chi connectivity index (χ0) is 19.5. The third-order valence-corrected chi connectivity index (χ3v) is 6.83. The van der Waals surface area contributed by atoms with Crippen LogP contribution in [0.3, 0.4) is 0 Å². The van der Waals surface area contributed by atoms with Crippen LogP contribution in [-0.2, 0) is 19.5 Å². The average Bonchev–Trinajstić information content (AvgIpc) is 2.51. The Hall–Kier alpha value is -0.860. The third kappa shape index (κ3) is 6.11. The quantitative estimate of drug-likeness (QED) is 0.767. The van der Waals surface area contributed by atoms with Gasteiger partial charge in [0.1, 0.15) is 0 Å². The van der Waals surface area contributed by atoms with Crippen LogP contribution in [0.15, 0.2) is 0 Å². The smallest absolute Gasteiger partial charge is 0.407 e. The van der Waals surface area contributed by atoms with Crippen LogP contribution in [-0.4, -0.2) is 63.0 Å². The Bertz CT molecular complexity index is 561. The molecule has 0 saturated carbocycles. The van der Waals surface area contributed by atoms with E-state index in [1.807, 2.05) is 27.7 Å². The molecule has 1 saturated heterocycles. The maximum Gasteiger partial charge on any atom is 0.407 e. The normalized spacial score (nSPS) is 27.8. The largest absolute Gasteiger partial charge is 0.453 e. The van der Waals surface area contributed by atoms with Crippen molar-refractivity contribution in [1.29, 1.82) is 0 Å². The zero-order valence-electron chi connectivity index (χ0n) is 16.6. The highest BCUT2D eigenvalue weighted by atomic mass is 32.2. The number of alkyl carbamates (subject to hydrolysis) is 1. The van der Waals surface area contributed by atoms with E-state index in [0.717, 1.165) is 6.42 Å². The van der Waals surface area contributed by atoms with E-state index >= 15 is 0 Å². The number of nitrogens with zero attached hydrogens (tertiary/aromatic N) is 1. The van der Waals surface area contributed by atoms with Gasteiger partial charge >= 0.3 is 6.09 Å². The highest BCUT2D eigenvalue weighted by Gasteiger charge is 2.46. The van der Waals surface area contributed by atoms with Crippen LogP contribution >= 0.6 is 0 Å². The topological polar surface area (TPSA) is 84.9 Å². The first kappa shape index (κ1) is 22.2. The van der Waals surface area contributed by atoms with Gasteiger partial charge in [-0.15, -0.1) is 0 Å². The number of ether oxygens (including phenoxy) is 2. The molecule has 0 aromatic rings. The lowest BCUT2D eigenvalue weighted by molar-refractivity contribution is -0.00442. The Morgan fingerprint density at radius 2 is 2.00 bits per heavy atom. The van der Waals surface area contributed by atoms with E-state index in [4.69, 9.17) is 9.47 Å². The Morgan fingerprint density at radius 1 is 1.40 bits per heavy atom. The van der Waals surface area contributed by atoms with Gasteiger partial charge in [0.15, 0.2) is 0 Å². The maximum absolute atomic E-state index is 12.5. The van der Waals surface area contributed by atoms with E-state index in [-0.39, 0.29) is 23.3 Å². The minimum Gasteiger partial charge on any atom is -0.453 e. The molecule has 0 aromatic heterocycles. The van der Waals surface area contributed by atoms with Crippen molar-refractivity contribution in [3.05, 3.63) is 0 Å². The summed E-state index contributed by atoms with van der Waals surface area (Å²) < 4.78 is 37.0. The van der Waals surface area contributed by atoms with E-state index in [2.05, 4.69) is 12.2 Å². The Kier molecular flexibility index (Phi) is 7.30. The molecule has 8 heteroatoms. The summed E-state index contributed by atoms with van der Waals surface area (Å²) in [4.78, 5) is 11.6. The van der Waals surface area contributed by atoms with Crippen molar-refractivity contribution in [1.82, 2.24) is 9.62 Å². The molecule has 0 aromatic carbocycles. The molecule has 1 aliphatic rings. The fourth-order valence-electron chi connectivity index (χ4n) is 3.78. The average molecular weight is 379 g/mol. The predicted octanol–water partition coefficient (Wildman–Crippen LogP) is 2.37. The van der Waals surface area contributed by atoms with E-state index in [1.54, 1.807) is 7.05 Å². The van der Waals surface area contributed by atoms with Crippen molar-refractivity contribution in [2.75, 3.05) is 26.5 Å². The molecule has 1 N–H and O–H groups in total. The number of sulfonamides is 1. The second kappa shape index (κ2) is 8.22. The summed E-state index contributed by atoms with van der Waals surface area (Å²) in [5.41, 5.74) is -0.870. The lowest BCUT2D eigenvalue weighted by Crippen LogP contribution is -2.54. The number of carbonyl (C=O) groups excluding carboxylic acids is 1. The molecule has 0 aliphatic carbocycles. The van der Waals surface area contributed by atoms with Gasteiger partial charge in [-0.2, -0.15) is 4.31 Å². The van der Waals surface area contributed by atoms with Crippen LogP contribution in [0, 0.1) is 5.41 Å². The molecule has 25 heavy (non-hydrogen) atoms. The summed E-state index contributed by atoms with van der Waals surface area (Å²) in [6.45, 7) is 10.1. The monoisotopic (exact) mass is 378 g/mol. The molecule has 2 atom stereocenters. The van der Waals surface area contributed by atoms with Gasteiger partial charge < -0.3 is 14.8 Å². The van der Waals surface area contributed by atoms with Gasteiger partial charge in [-0.3, -0.25) is 0 Å². The van der Waals surface area contributed by atoms with Crippen LogP contribution in [0.5, 0.6) is 0 Å². The van der Waals surface area contributed by atoms with Crippen molar-refractivity contribution in [3.8, 4) is 0 Å². The first-order valence-electron chi connectivity index (χ1n) is 8.76. The third-order valence-electron chi connectivity index (χ3n) is 4.89. The van der Waals surface area contributed by atoms with E-state index in [0.29, 0.717) is 19.4 Å². The second-order valence-electron chi connectivity index (χ2n) is 8.16. The van der Waals surface area contributed by atoms with Gasteiger partial charge in [0.05, 0.1) is 31.6 Å². The van der Waals surface area contributed by atoms with E-state index in [1.165, 1.54) is 11.4 Å². The highest BCUT2D eigenvalue weighted by Crippen LogP contribution is 2.42. The number of nitrogens with one attached hydrogen (secondary N) is 1. The first-order chi connectivity index (χ1) is 11.3. The maximum atomic E-state index is 12.5. The summed E-state index contributed by atoms with van der Waals surface area (Å²) in [5.74, 6) is 0.141. The molecular weight excluding hydrogens is 344 g/mol. The number of amides is 1. The van der Waals surface area contributed by atoms with E-state index in [9.17, 15) is 13.2 Å². The number of likely N-dealkylation sites (N-methyl/N-ethyl adjacent to an activating group) is 1. The number of methoxy groups -OCH3 is 1. The molecule has 0 spiro atoms. The molecule has 7 nitrogen and oxygen atoms in total. The lowest BCUT2D eigenvalue weighted by Gasteiger charge is -2.44. The number of rotatable bonds is 6. The van der Waals surface area contributed by atoms with Crippen LogP contribution in [0.4, 0.5) is 4.79 Å². The summed E-state index contributed by atoms with van der Waals surface area (Å²) in [6, 6.07) is -0.291. The van der Waals surface area contributed by atoms with Crippen LogP contribution in [0.1, 0.15) is 53.9 Å². The minimum absolute atomic E-state index is 0.0183. The summed E-state index contributed by atoms with van der Waals surface area (Å²) in [6.07, 6.45) is 1.48. The van der Waals surface area contributed by atoms with Crippen molar-refractivity contribution in [2.24, 2.45) is 5.41 Å². The molecule has 1 aliphatic heterocycles. The van der Waals surface area contributed by atoms with Crippen LogP contribution in [0.2, 0.25) is 0 Å². The molecule has 0 radical (unpaired) electrons. The van der Waals surface area contributed by atoms with Crippen molar-refractivity contribution in [3.63, 3.8) is 0 Å². The Labute approximate surface area is 152 Å². The van der Waals surface area contributed by atoms with Gasteiger partial charge in [-0.05, 0) is 52.4 Å². The number of carbonyl (C=O) groups is 1. The van der Waals surface area contributed by atoms with Crippen LogP contribution < -0.4 is 5.32 Å². The van der Waals surface area contributed by atoms with Gasteiger partial charge in [0, 0.05) is 12.6 Å². The molecule has 1 fully saturated rings. The van der Waals surface area contributed by atoms with Crippen molar-refractivity contribution < 1.29 is 22.7 Å². The molecule has 1 rings (SSSR count). The summed E-state index contributed by atoms with van der Waals surface area (Å²) in [5, 5.41) is 2.85. The second-order valence-corrected chi connectivity index (χ2v) is 10.3. The molecule has 148 valence electrons. The Balaban J connectivity index is 3.13. The first-order valence-corrected chi connectivity index (χ1v) is 10.4. The van der Waals surface area contributed by atoms with Crippen LogP contribution in [0.25, 0.3) is 0 Å². The van der Waals surface area contributed by atoms with Gasteiger partial charge in [0.2, 0.25) is 10.0 Å². The van der Waals surface area contributed by atoms with Gasteiger partial charge in [0.25, 0.3) is 0 Å². The van der Waals surface area contributed by atoms with Gasteiger partial charge in [-0.25, -0.2) is 13.2 Å². The predicted molar refractivity (Wildman–Crippen MR) is 98.0 cm³/mol. The fraction of sp³-hybridized carbons (Fsp3) is 0.941. The fourth-order valence-corrected chi connectivity index (χ4v) is 5.28. The molecule has 1 heterocycles. The minimum atomic E-state index is -3.31. The van der Waals surface area contributed by atoms with Crippen molar-refractivity contribution >= 4 is 16.1 Å². The molecule has 1 amide bonds. The number of hydrogen-bond donors (Lipinski definition) is 1. The zero-order valence-corrected chi connectivity index (χ0v) is 17.4. The SMILES string of the molecule is COC(=O)NC(C)(C)CC1(C)CCCS(=O)(=O)N(C)C1COC(C)C. The molecular formula is C17H34N2O5S. The van der Waals surface area contributed by atoms with Gasteiger partial charge in [-0.1, -0.05) is 6.92 Å². The summed E-state index contributed by atoms with van der Waals surface area (Å²) >= 11 is 0. The standard InChI is InChI=1S/C17H34N2O5S/c1-13(2)24-11-14-17(5,9-8-10-25(21,22)19(14)6)12-16(3,4)18-15(20)23-7/h13-14H,8-12H2,1-7H3,(H,18,20). The summed E-state index contributed by atoms with van der Waals surface area (Å²) in [7, 11) is -0.343. The van der Waals surface area contributed by atoms with E-state index < -0.39 is 21.7 Å². The molecule has 2 unspecified atom stereocenters. The van der Waals surface area contributed by atoms with Crippen molar-refractivity contribution in [2.45, 2.75) is 71.6 Å². The molecule has 0 bridgehead atoms. The Morgan fingerprint density at radius 3 is 2.52 bits per heavy atom. The highest BCUT2D eigenvalue weighted by molar-refractivity contribution is 7.89.